The zero-order valence-corrected chi connectivity index (χ0v) is 20.6. The zero-order valence-electron chi connectivity index (χ0n) is 19.7. The van der Waals surface area contributed by atoms with Gasteiger partial charge in [-0.3, -0.25) is 0 Å². The second-order valence-electron chi connectivity index (χ2n) is 8.10. The van der Waals surface area contributed by atoms with E-state index in [0.29, 0.717) is 11.1 Å². The van der Waals surface area contributed by atoms with Crippen molar-refractivity contribution in [1.82, 2.24) is 0 Å². The van der Waals surface area contributed by atoms with Crippen molar-refractivity contribution >= 4 is 16.9 Å². The molecule has 0 amide bonds. The number of hydrogen-bond donors (Lipinski definition) is 0. The molecular weight excluding hydrogens is 497 g/mol. The molecule has 4 rings (SSSR count). The van der Waals surface area contributed by atoms with Crippen LogP contribution in [0.1, 0.15) is 22.8 Å². The maximum Gasteiger partial charge on any atom is 0.573 e. The molecule has 0 N–H and O–H groups in total. The van der Waals surface area contributed by atoms with Crippen LogP contribution in [0.2, 0.25) is 0 Å². The fraction of sp³-hybridized carbons (Fsp3) is 0.100. The summed E-state index contributed by atoms with van der Waals surface area (Å²) in [5.74, 6) is 1.38. The van der Waals surface area contributed by atoms with Crippen LogP contribution < -0.4 is 4.74 Å². The van der Waals surface area contributed by atoms with E-state index in [-0.39, 0.29) is 10.9 Å². The van der Waals surface area contributed by atoms with Crippen molar-refractivity contribution in [3.8, 4) is 18.1 Å². The van der Waals surface area contributed by atoms with Gasteiger partial charge < -0.3 is 9.47 Å². The molecule has 7 heteroatoms. The van der Waals surface area contributed by atoms with Gasteiger partial charge in [0.05, 0.1) is 16.5 Å². The zero-order chi connectivity index (χ0) is 26.5. The molecule has 4 aromatic rings. The van der Waals surface area contributed by atoms with Gasteiger partial charge >= 0.3 is 12.3 Å². The second-order valence-corrected chi connectivity index (χ2v) is 10.1. The van der Waals surface area contributed by atoms with Crippen molar-refractivity contribution < 1.29 is 27.4 Å². The molecule has 3 nitrogen and oxygen atoms in total. The largest absolute Gasteiger partial charge is 0.573 e. The molecule has 0 heterocycles. The van der Waals surface area contributed by atoms with Crippen molar-refractivity contribution in [2.24, 2.45) is 0 Å². The average molecular weight is 520 g/mol. The van der Waals surface area contributed by atoms with E-state index in [1.54, 1.807) is 12.1 Å². The molecule has 0 spiro atoms. The standard InChI is InChI=1S/C30H22F3O3S/c1-3-29(2,23-16-18-24(19-17-23)35-30(31,32)33)36-28(34)22-14-20-27(21-15-22)37(25-10-6-4-7-11-25)26-12-8-5-9-13-26/h1,4-21H,2H3/q+1. The molecule has 0 aliphatic carbocycles. The van der Waals surface area contributed by atoms with Gasteiger partial charge in [-0.15, -0.1) is 19.6 Å². The van der Waals surface area contributed by atoms with Gasteiger partial charge in [0.2, 0.25) is 0 Å². The number of terminal acetylenes is 1. The Morgan fingerprint density at radius 1 is 0.757 bits per heavy atom. The molecule has 0 fully saturated rings. The third-order valence-electron chi connectivity index (χ3n) is 5.49. The Morgan fingerprint density at radius 2 is 1.24 bits per heavy atom. The Morgan fingerprint density at radius 3 is 1.70 bits per heavy atom. The maximum atomic E-state index is 13.0. The number of benzene rings is 4. The minimum absolute atomic E-state index is 0.298. The van der Waals surface area contributed by atoms with Gasteiger partial charge in [-0.2, -0.15) is 0 Å². The highest BCUT2D eigenvalue weighted by atomic mass is 32.2. The van der Waals surface area contributed by atoms with Crippen LogP contribution in [0.5, 0.6) is 5.75 Å². The molecule has 37 heavy (non-hydrogen) atoms. The number of ether oxygens (including phenoxy) is 2. The summed E-state index contributed by atoms with van der Waals surface area (Å²) in [4.78, 5) is 16.3. The number of carbonyl (C=O) groups excluding carboxylic acids is 1. The minimum atomic E-state index is -4.81. The lowest BCUT2D eigenvalue weighted by Crippen LogP contribution is -2.27. The van der Waals surface area contributed by atoms with E-state index in [4.69, 9.17) is 11.2 Å². The van der Waals surface area contributed by atoms with Crippen molar-refractivity contribution in [3.63, 3.8) is 0 Å². The van der Waals surface area contributed by atoms with E-state index in [1.807, 2.05) is 48.5 Å². The van der Waals surface area contributed by atoms with Crippen molar-refractivity contribution in [2.75, 3.05) is 0 Å². The summed E-state index contributed by atoms with van der Waals surface area (Å²) < 4.78 is 46.9. The van der Waals surface area contributed by atoms with Crippen molar-refractivity contribution in [2.45, 2.75) is 33.6 Å². The summed E-state index contributed by atoms with van der Waals surface area (Å²) in [7, 11) is -0.373. The van der Waals surface area contributed by atoms with Crippen molar-refractivity contribution in [1.29, 1.82) is 0 Å². The predicted octanol–water partition coefficient (Wildman–Crippen LogP) is 7.39. The predicted molar refractivity (Wildman–Crippen MR) is 136 cm³/mol. The third kappa shape index (κ3) is 6.35. The topological polar surface area (TPSA) is 35.5 Å². The van der Waals surface area contributed by atoms with E-state index < -0.39 is 23.7 Å². The quantitative estimate of drug-likeness (QED) is 0.145. The lowest BCUT2D eigenvalue weighted by molar-refractivity contribution is -0.274. The van der Waals surface area contributed by atoms with Gasteiger partial charge in [-0.25, -0.2) is 4.79 Å². The molecule has 1 atom stereocenters. The first-order chi connectivity index (χ1) is 17.7. The molecular formula is C30H22F3O3S+. The highest BCUT2D eigenvalue weighted by Gasteiger charge is 2.33. The van der Waals surface area contributed by atoms with Crippen LogP contribution in [-0.4, -0.2) is 12.3 Å². The fourth-order valence-corrected chi connectivity index (χ4v) is 5.72. The van der Waals surface area contributed by atoms with Crippen molar-refractivity contribution in [3.05, 3.63) is 120 Å². The Bertz CT molecular complexity index is 1340. The fourth-order valence-electron chi connectivity index (χ4n) is 3.64. The first-order valence-electron chi connectivity index (χ1n) is 11.2. The maximum absolute atomic E-state index is 13.0. The molecule has 0 aliphatic rings. The van der Waals surface area contributed by atoms with Gasteiger partial charge in [0.1, 0.15) is 5.75 Å². The lowest BCUT2D eigenvalue weighted by atomic mass is 9.96. The number of carbonyl (C=O) groups is 1. The van der Waals surface area contributed by atoms with Crippen LogP contribution in [0.3, 0.4) is 0 Å². The number of esters is 1. The smallest absolute Gasteiger partial charge is 0.438 e. The molecule has 1 unspecified atom stereocenters. The summed E-state index contributed by atoms with van der Waals surface area (Å²) in [6, 6.07) is 32.2. The second kappa shape index (κ2) is 10.9. The third-order valence-corrected chi connectivity index (χ3v) is 7.73. The van der Waals surface area contributed by atoms with Gasteiger partial charge in [0.15, 0.2) is 20.3 Å². The normalized spacial score (nSPS) is 12.9. The Kier molecular flexibility index (Phi) is 7.61. The Balaban J connectivity index is 1.55. The van der Waals surface area contributed by atoms with Crippen LogP contribution in [0.25, 0.3) is 0 Å². The van der Waals surface area contributed by atoms with Crippen LogP contribution in [-0.2, 0) is 21.2 Å². The first-order valence-corrected chi connectivity index (χ1v) is 12.4. The molecule has 0 saturated heterocycles. The van der Waals surface area contributed by atoms with E-state index in [1.165, 1.54) is 19.1 Å². The monoisotopic (exact) mass is 519 g/mol. The first kappa shape index (κ1) is 25.9. The molecule has 0 aliphatic heterocycles. The molecule has 0 saturated carbocycles. The Labute approximate surface area is 216 Å². The van der Waals surface area contributed by atoms with E-state index in [2.05, 4.69) is 34.9 Å². The van der Waals surface area contributed by atoms with Gasteiger partial charge in [-0.1, -0.05) is 54.5 Å². The van der Waals surface area contributed by atoms with Crippen LogP contribution >= 0.6 is 0 Å². The molecule has 186 valence electrons. The molecule has 0 bridgehead atoms. The van der Waals surface area contributed by atoms with Crippen LogP contribution in [0.4, 0.5) is 13.2 Å². The van der Waals surface area contributed by atoms with Gasteiger partial charge in [0, 0.05) is 5.56 Å². The summed E-state index contributed by atoms with van der Waals surface area (Å²) in [5, 5.41) is 0. The van der Waals surface area contributed by atoms with Crippen LogP contribution in [0.15, 0.2) is 124 Å². The van der Waals surface area contributed by atoms with E-state index in [9.17, 15) is 18.0 Å². The van der Waals surface area contributed by atoms with Crippen LogP contribution in [0, 0.1) is 12.3 Å². The summed E-state index contributed by atoms with van der Waals surface area (Å²) in [6.45, 7) is 1.50. The Hall–Kier alpha value is -4.15. The number of hydrogen-bond acceptors (Lipinski definition) is 3. The summed E-state index contributed by atoms with van der Waals surface area (Å²) >= 11 is 0. The molecule has 0 radical (unpaired) electrons. The average Bonchev–Trinajstić information content (AvgIpc) is 2.90. The van der Waals surface area contributed by atoms with E-state index in [0.717, 1.165) is 26.8 Å². The molecule has 0 aromatic heterocycles. The summed E-state index contributed by atoms with van der Waals surface area (Å²) in [5.41, 5.74) is -0.860. The number of halogens is 3. The number of rotatable bonds is 7. The highest BCUT2D eigenvalue weighted by Crippen LogP contribution is 2.32. The highest BCUT2D eigenvalue weighted by molar-refractivity contribution is 7.97. The minimum Gasteiger partial charge on any atom is -0.438 e. The lowest BCUT2D eigenvalue weighted by Gasteiger charge is -2.25. The van der Waals surface area contributed by atoms with E-state index >= 15 is 0 Å². The molecule has 4 aromatic carbocycles. The number of alkyl halides is 3. The van der Waals surface area contributed by atoms with Gasteiger partial charge in [0.25, 0.3) is 0 Å². The van der Waals surface area contributed by atoms with Gasteiger partial charge in [-0.05, 0) is 67.6 Å². The SMILES string of the molecule is C#CC(C)(OC(=O)c1ccc([S+](c2ccccc2)c2ccccc2)cc1)c1ccc(OC(F)(F)F)cc1. The summed E-state index contributed by atoms with van der Waals surface area (Å²) in [6.07, 6.45) is 0.851.